The van der Waals surface area contributed by atoms with Crippen LogP contribution in [0.25, 0.3) is 5.65 Å². The number of amides is 1. The van der Waals surface area contributed by atoms with Crippen molar-refractivity contribution < 1.29 is 4.79 Å². The highest BCUT2D eigenvalue weighted by Gasteiger charge is 2.15. The van der Waals surface area contributed by atoms with Gasteiger partial charge in [0.15, 0.2) is 5.65 Å². The number of fused-ring (bicyclic) bond motifs is 1. The minimum absolute atomic E-state index is 0.106. The second-order valence-electron chi connectivity index (χ2n) is 6.32. The van der Waals surface area contributed by atoms with Crippen molar-refractivity contribution in [2.75, 3.05) is 5.32 Å². The second-order valence-corrected chi connectivity index (χ2v) is 7.38. The quantitative estimate of drug-likeness (QED) is 0.672. The molecule has 0 aliphatic carbocycles. The van der Waals surface area contributed by atoms with Crippen LogP contribution in [0.1, 0.15) is 53.7 Å². The number of aromatic nitrogens is 5. The highest BCUT2D eigenvalue weighted by Crippen LogP contribution is 2.20. The van der Waals surface area contributed by atoms with Crippen LogP contribution >= 0.6 is 11.3 Å². The first kappa shape index (κ1) is 18.9. The maximum Gasteiger partial charge on any atom is 0.226 e. The maximum atomic E-state index is 12.3. The highest BCUT2D eigenvalue weighted by atomic mass is 32.1. The number of aryl methyl sites for hydroxylation is 3. The predicted molar refractivity (Wildman–Crippen MR) is 103 cm³/mol. The Morgan fingerprint density at radius 2 is 2.15 bits per heavy atom. The van der Waals surface area contributed by atoms with Gasteiger partial charge in [-0.05, 0) is 32.3 Å². The number of unbranched alkanes of at least 4 members (excludes halogenated alkanes) is 1. The topological polar surface area (TPSA) is 109 Å². The standard InChI is InChI=1S/C18H21N7OS/c1-4-5-6-16-23-24-18(27-16)22-15(26)8-7-14-11(2)21-17-13(9-19)10-20-25(17)12(14)3/h10H,4-8H2,1-3H3,(H,22,24,26). The first-order chi connectivity index (χ1) is 13.0. The third-order valence-corrected chi connectivity index (χ3v) is 5.29. The molecule has 1 amide bonds. The fraction of sp³-hybridized carbons (Fsp3) is 0.444. The average Bonchev–Trinajstić information content (AvgIpc) is 3.26. The lowest BCUT2D eigenvalue weighted by atomic mass is 10.1. The Bertz CT molecular complexity index is 1010. The summed E-state index contributed by atoms with van der Waals surface area (Å²) in [6.07, 6.45) is 5.42. The minimum Gasteiger partial charge on any atom is -0.301 e. The van der Waals surface area contributed by atoms with E-state index < -0.39 is 0 Å². The number of carbonyl (C=O) groups excluding carboxylic acids is 1. The smallest absolute Gasteiger partial charge is 0.226 e. The monoisotopic (exact) mass is 383 g/mol. The van der Waals surface area contributed by atoms with E-state index in [2.05, 4.69) is 38.6 Å². The molecule has 0 radical (unpaired) electrons. The van der Waals surface area contributed by atoms with Crippen molar-refractivity contribution in [3.63, 3.8) is 0 Å². The highest BCUT2D eigenvalue weighted by molar-refractivity contribution is 7.15. The van der Waals surface area contributed by atoms with Crippen molar-refractivity contribution in [2.45, 2.75) is 52.9 Å². The first-order valence-corrected chi connectivity index (χ1v) is 9.71. The SMILES string of the molecule is CCCCc1nnc(NC(=O)CCc2c(C)nc3c(C#N)cnn3c2C)s1. The van der Waals surface area contributed by atoms with E-state index in [0.29, 0.717) is 29.2 Å². The van der Waals surface area contributed by atoms with Crippen molar-refractivity contribution in [3.8, 4) is 6.07 Å². The molecular formula is C18H21N7OS. The van der Waals surface area contributed by atoms with E-state index in [1.54, 1.807) is 4.52 Å². The van der Waals surface area contributed by atoms with Gasteiger partial charge < -0.3 is 5.32 Å². The third kappa shape index (κ3) is 4.11. The molecule has 0 spiro atoms. The molecule has 0 saturated heterocycles. The van der Waals surface area contributed by atoms with Gasteiger partial charge in [-0.3, -0.25) is 4.79 Å². The van der Waals surface area contributed by atoms with Crippen molar-refractivity contribution in [1.29, 1.82) is 5.26 Å². The Labute approximate surface area is 161 Å². The molecule has 3 rings (SSSR count). The van der Waals surface area contributed by atoms with Crippen molar-refractivity contribution in [3.05, 3.63) is 33.7 Å². The zero-order valence-corrected chi connectivity index (χ0v) is 16.4. The second kappa shape index (κ2) is 8.22. The van der Waals surface area contributed by atoms with Crippen molar-refractivity contribution >= 4 is 28.0 Å². The predicted octanol–water partition coefficient (Wildman–Crippen LogP) is 2.98. The van der Waals surface area contributed by atoms with Crippen LogP contribution in [0.5, 0.6) is 0 Å². The lowest BCUT2D eigenvalue weighted by Crippen LogP contribution is -2.14. The molecule has 9 heteroatoms. The van der Waals surface area contributed by atoms with Crippen LogP contribution in [0.4, 0.5) is 5.13 Å². The summed E-state index contributed by atoms with van der Waals surface area (Å²) in [7, 11) is 0. The number of hydrogen-bond donors (Lipinski definition) is 1. The van der Waals surface area contributed by atoms with Crippen molar-refractivity contribution in [1.82, 2.24) is 24.8 Å². The molecule has 8 nitrogen and oxygen atoms in total. The zero-order chi connectivity index (χ0) is 19.4. The molecule has 0 fully saturated rings. The van der Waals surface area contributed by atoms with Gasteiger partial charge in [-0.15, -0.1) is 10.2 Å². The summed E-state index contributed by atoms with van der Waals surface area (Å²) in [6.45, 7) is 5.94. The van der Waals surface area contributed by atoms with Crippen LogP contribution in [0.2, 0.25) is 0 Å². The Kier molecular flexibility index (Phi) is 5.76. The number of carbonyl (C=O) groups is 1. The van der Waals surface area contributed by atoms with Gasteiger partial charge >= 0.3 is 0 Å². The van der Waals surface area contributed by atoms with Gasteiger partial charge in [0.05, 0.1) is 6.20 Å². The molecular weight excluding hydrogens is 362 g/mol. The van der Waals surface area contributed by atoms with Gasteiger partial charge in [-0.2, -0.15) is 10.4 Å². The number of anilines is 1. The number of nitrogens with zero attached hydrogens (tertiary/aromatic N) is 6. The summed E-state index contributed by atoms with van der Waals surface area (Å²) in [4.78, 5) is 16.8. The fourth-order valence-electron chi connectivity index (χ4n) is 2.91. The van der Waals surface area contributed by atoms with Gasteiger partial charge in [-0.25, -0.2) is 9.50 Å². The lowest BCUT2D eigenvalue weighted by Gasteiger charge is -2.10. The zero-order valence-electron chi connectivity index (χ0n) is 15.6. The molecule has 0 atom stereocenters. The number of nitriles is 1. The van der Waals surface area contributed by atoms with Crippen molar-refractivity contribution in [2.24, 2.45) is 0 Å². The van der Waals surface area contributed by atoms with Crippen LogP contribution < -0.4 is 5.32 Å². The number of hydrogen-bond acceptors (Lipinski definition) is 7. The summed E-state index contributed by atoms with van der Waals surface area (Å²) in [5.74, 6) is -0.106. The Morgan fingerprint density at radius 3 is 2.89 bits per heavy atom. The summed E-state index contributed by atoms with van der Waals surface area (Å²) in [5, 5.41) is 25.8. The van der Waals surface area contributed by atoms with E-state index in [4.69, 9.17) is 5.26 Å². The summed E-state index contributed by atoms with van der Waals surface area (Å²) in [6, 6.07) is 2.09. The molecule has 1 N–H and O–H groups in total. The Balaban J connectivity index is 1.67. The van der Waals surface area contributed by atoms with Gasteiger partial charge in [-0.1, -0.05) is 24.7 Å². The normalized spacial score (nSPS) is 10.9. The molecule has 0 saturated carbocycles. The summed E-state index contributed by atoms with van der Waals surface area (Å²) >= 11 is 1.42. The van der Waals surface area contributed by atoms with Crippen LogP contribution in [-0.2, 0) is 17.6 Å². The fourth-order valence-corrected chi connectivity index (χ4v) is 3.70. The van der Waals surface area contributed by atoms with Crippen LogP contribution in [0.15, 0.2) is 6.20 Å². The lowest BCUT2D eigenvalue weighted by molar-refractivity contribution is -0.116. The average molecular weight is 383 g/mol. The first-order valence-electron chi connectivity index (χ1n) is 8.89. The van der Waals surface area contributed by atoms with E-state index >= 15 is 0 Å². The van der Waals surface area contributed by atoms with Gasteiger partial charge in [0, 0.05) is 24.2 Å². The molecule has 0 aliphatic rings. The van der Waals surface area contributed by atoms with E-state index in [1.165, 1.54) is 17.5 Å². The van der Waals surface area contributed by atoms with Crippen LogP contribution in [0, 0.1) is 25.2 Å². The Morgan fingerprint density at radius 1 is 1.33 bits per heavy atom. The van der Waals surface area contributed by atoms with Crippen LogP contribution in [0.3, 0.4) is 0 Å². The third-order valence-electron chi connectivity index (χ3n) is 4.39. The van der Waals surface area contributed by atoms with E-state index in [1.807, 2.05) is 13.8 Å². The number of rotatable bonds is 7. The van der Waals surface area contributed by atoms with E-state index in [9.17, 15) is 4.79 Å². The van der Waals surface area contributed by atoms with Gasteiger partial charge in [0.1, 0.15) is 16.6 Å². The van der Waals surface area contributed by atoms with Gasteiger partial charge in [0.25, 0.3) is 0 Å². The minimum atomic E-state index is -0.106. The molecule has 3 heterocycles. The largest absolute Gasteiger partial charge is 0.301 e. The molecule has 0 bridgehead atoms. The molecule has 3 aromatic heterocycles. The van der Waals surface area contributed by atoms with E-state index in [0.717, 1.165) is 41.2 Å². The summed E-state index contributed by atoms with van der Waals surface area (Å²) in [5.41, 5.74) is 3.66. The molecule has 0 aliphatic heterocycles. The molecule has 27 heavy (non-hydrogen) atoms. The summed E-state index contributed by atoms with van der Waals surface area (Å²) < 4.78 is 1.66. The van der Waals surface area contributed by atoms with Gasteiger partial charge in [0.2, 0.25) is 11.0 Å². The van der Waals surface area contributed by atoms with E-state index in [-0.39, 0.29) is 5.91 Å². The molecule has 0 unspecified atom stereocenters. The maximum absolute atomic E-state index is 12.3. The Hall–Kier alpha value is -2.86. The molecule has 3 aromatic rings. The van der Waals surface area contributed by atoms with Crippen LogP contribution in [-0.4, -0.2) is 30.7 Å². The molecule has 140 valence electrons. The molecule has 0 aromatic carbocycles. The number of nitrogens with one attached hydrogen (secondary N) is 1.